The first-order chi connectivity index (χ1) is 10.8. The minimum absolute atomic E-state index is 0.0115. The first kappa shape index (κ1) is 16.6. The van der Waals surface area contributed by atoms with Crippen molar-refractivity contribution >= 4 is 23.5 Å². The molecule has 1 aromatic heterocycles. The lowest BCUT2D eigenvalue weighted by atomic mass is 10.1. The van der Waals surface area contributed by atoms with Crippen LogP contribution in [0.25, 0.3) is 0 Å². The van der Waals surface area contributed by atoms with Crippen LogP contribution in [0.1, 0.15) is 5.56 Å². The molecule has 0 unspecified atom stereocenters. The van der Waals surface area contributed by atoms with Crippen LogP contribution in [0.5, 0.6) is 0 Å². The van der Waals surface area contributed by atoms with Gasteiger partial charge in [0.2, 0.25) is 5.91 Å². The first-order valence-electron chi connectivity index (χ1n) is 7.22. The fourth-order valence-electron chi connectivity index (χ4n) is 1.98. The van der Waals surface area contributed by atoms with Crippen molar-refractivity contribution in [2.45, 2.75) is 13.0 Å². The van der Waals surface area contributed by atoms with E-state index < -0.39 is 0 Å². The molecule has 0 spiro atoms. The van der Waals surface area contributed by atoms with E-state index in [-0.39, 0.29) is 5.91 Å². The average Bonchev–Trinajstić information content (AvgIpc) is 2.98. The number of anilines is 1. The number of rotatable bonds is 9. The third kappa shape index (κ3) is 5.54. The summed E-state index contributed by atoms with van der Waals surface area (Å²) in [6, 6.07) is 12.1. The molecule has 0 saturated carbocycles. The molecular formula is C16H21N3O2S. The lowest BCUT2D eigenvalue weighted by Gasteiger charge is -2.09. The maximum atomic E-state index is 11.9. The van der Waals surface area contributed by atoms with Crippen LogP contribution in [0.3, 0.4) is 0 Å². The average molecular weight is 319 g/mol. The zero-order valence-corrected chi connectivity index (χ0v) is 13.5. The van der Waals surface area contributed by atoms with Crippen LogP contribution in [-0.2, 0) is 22.5 Å². The van der Waals surface area contributed by atoms with Crippen LogP contribution in [0, 0.1) is 0 Å². The minimum atomic E-state index is -0.0115. The highest BCUT2D eigenvalue weighted by Gasteiger charge is 2.07. The van der Waals surface area contributed by atoms with Crippen molar-refractivity contribution in [3.63, 3.8) is 0 Å². The molecule has 0 radical (unpaired) electrons. The van der Waals surface area contributed by atoms with Gasteiger partial charge in [-0.25, -0.2) is 4.68 Å². The van der Waals surface area contributed by atoms with Gasteiger partial charge in [-0.3, -0.25) is 4.79 Å². The summed E-state index contributed by atoms with van der Waals surface area (Å²) in [6.45, 7) is 1.40. The van der Waals surface area contributed by atoms with Gasteiger partial charge in [0.1, 0.15) is 5.82 Å². The standard InChI is InChI=1S/C16H21N3O2S/c1-21-11-12-22-13-16(20)18-15-7-9-17-19(15)10-8-14-5-3-2-4-6-14/h2-7,9H,8,10-13H2,1H3,(H,18,20). The van der Waals surface area contributed by atoms with Crippen molar-refractivity contribution in [1.29, 1.82) is 0 Å². The van der Waals surface area contributed by atoms with E-state index in [4.69, 9.17) is 4.74 Å². The van der Waals surface area contributed by atoms with Gasteiger partial charge < -0.3 is 10.1 Å². The smallest absolute Gasteiger partial charge is 0.235 e. The quantitative estimate of drug-likeness (QED) is 0.721. The number of hydrogen-bond acceptors (Lipinski definition) is 4. The van der Waals surface area contributed by atoms with Crippen LogP contribution in [0.4, 0.5) is 5.82 Å². The monoisotopic (exact) mass is 319 g/mol. The van der Waals surface area contributed by atoms with Gasteiger partial charge in [-0.15, -0.1) is 11.8 Å². The van der Waals surface area contributed by atoms with Crippen molar-refractivity contribution in [1.82, 2.24) is 9.78 Å². The van der Waals surface area contributed by atoms with Crippen molar-refractivity contribution in [2.75, 3.05) is 30.5 Å². The third-order valence-corrected chi connectivity index (χ3v) is 4.03. The predicted molar refractivity (Wildman–Crippen MR) is 90.2 cm³/mol. The van der Waals surface area contributed by atoms with Gasteiger partial charge in [0.25, 0.3) is 0 Å². The fourth-order valence-corrected chi connectivity index (χ4v) is 2.67. The fraction of sp³-hybridized carbons (Fsp3) is 0.375. The van der Waals surface area contributed by atoms with Crippen molar-refractivity contribution in [2.24, 2.45) is 0 Å². The van der Waals surface area contributed by atoms with E-state index in [9.17, 15) is 4.79 Å². The van der Waals surface area contributed by atoms with Gasteiger partial charge in [0, 0.05) is 25.5 Å². The molecule has 1 amide bonds. The Morgan fingerprint density at radius 3 is 2.91 bits per heavy atom. The van der Waals surface area contributed by atoms with Crippen LogP contribution < -0.4 is 5.32 Å². The zero-order chi connectivity index (χ0) is 15.6. The Balaban J connectivity index is 1.80. The lowest BCUT2D eigenvalue weighted by molar-refractivity contribution is -0.113. The summed E-state index contributed by atoms with van der Waals surface area (Å²) >= 11 is 1.56. The topological polar surface area (TPSA) is 56.1 Å². The molecule has 2 aromatic rings. The molecule has 0 saturated heterocycles. The molecule has 118 valence electrons. The van der Waals surface area contributed by atoms with Gasteiger partial charge >= 0.3 is 0 Å². The zero-order valence-electron chi connectivity index (χ0n) is 12.7. The maximum Gasteiger partial charge on any atom is 0.235 e. The number of benzene rings is 1. The molecule has 1 N–H and O–H groups in total. The molecule has 6 heteroatoms. The number of ether oxygens (including phenoxy) is 1. The SMILES string of the molecule is COCCSCC(=O)Nc1ccnn1CCc1ccccc1. The Morgan fingerprint density at radius 1 is 1.32 bits per heavy atom. The van der Waals surface area contributed by atoms with E-state index in [1.807, 2.05) is 28.9 Å². The molecule has 0 bridgehead atoms. The molecule has 1 heterocycles. The number of aromatic nitrogens is 2. The largest absolute Gasteiger partial charge is 0.384 e. The molecule has 0 aliphatic carbocycles. The maximum absolute atomic E-state index is 11.9. The van der Waals surface area contributed by atoms with Crippen molar-refractivity contribution in [3.05, 3.63) is 48.2 Å². The second-order valence-corrected chi connectivity index (χ2v) is 5.87. The Hall–Kier alpha value is -1.79. The number of nitrogens with one attached hydrogen (secondary N) is 1. The number of thioether (sulfide) groups is 1. The second kappa shape index (κ2) is 9.27. The summed E-state index contributed by atoms with van der Waals surface area (Å²) in [5, 5.41) is 7.17. The number of carbonyl (C=O) groups is 1. The van der Waals surface area contributed by atoms with Crippen LogP contribution in [0.2, 0.25) is 0 Å². The van der Waals surface area contributed by atoms with Crippen LogP contribution in [-0.4, -0.2) is 40.9 Å². The molecule has 0 aliphatic rings. The first-order valence-corrected chi connectivity index (χ1v) is 8.37. The highest BCUT2D eigenvalue weighted by Crippen LogP contribution is 2.10. The van der Waals surface area contributed by atoms with Gasteiger partial charge in [-0.2, -0.15) is 5.10 Å². The second-order valence-electron chi connectivity index (χ2n) is 4.77. The van der Waals surface area contributed by atoms with Gasteiger partial charge in [-0.1, -0.05) is 30.3 Å². The molecule has 0 atom stereocenters. The summed E-state index contributed by atoms with van der Waals surface area (Å²) in [5.74, 6) is 1.97. The summed E-state index contributed by atoms with van der Waals surface area (Å²) in [6.07, 6.45) is 2.59. The number of hydrogen-bond donors (Lipinski definition) is 1. The van der Waals surface area contributed by atoms with Crippen LogP contribution in [0.15, 0.2) is 42.6 Å². The summed E-state index contributed by atoms with van der Waals surface area (Å²) in [7, 11) is 1.66. The van der Waals surface area contributed by atoms with Gasteiger partial charge in [0.15, 0.2) is 0 Å². The van der Waals surface area contributed by atoms with Crippen LogP contribution >= 0.6 is 11.8 Å². The molecular weight excluding hydrogens is 298 g/mol. The summed E-state index contributed by atoms with van der Waals surface area (Å²) < 4.78 is 6.78. The third-order valence-electron chi connectivity index (χ3n) is 3.10. The molecule has 1 aromatic carbocycles. The van der Waals surface area contributed by atoms with Crippen molar-refractivity contribution in [3.8, 4) is 0 Å². The number of aryl methyl sites for hydroxylation is 2. The van der Waals surface area contributed by atoms with Gasteiger partial charge in [-0.05, 0) is 12.0 Å². The normalized spacial score (nSPS) is 10.6. The van der Waals surface area contributed by atoms with Crippen molar-refractivity contribution < 1.29 is 9.53 Å². The molecule has 0 aliphatic heterocycles. The summed E-state index contributed by atoms with van der Waals surface area (Å²) in [4.78, 5) is 11.9. The van der Waals surface area contributed by atoms with E-state index in [2.05, 4.69) is 22.5 Å². The Bertz CT molecular complexity index is 572. The number of methoxy groups -OCH3 is 1. The number of amides is 1. The van der Waals surface area contributed by atoms with E-state index in [0.29, 0.717) is 12.4 Å². The number of nitrogens with zero attached hydrogens (tertiary/aromatic N) is 2. The highest BCUT2D eigenvalue weighted by molar-refractivity contribution is 7.99. The molecule has 2 rings (SSSR count). The Morgan fingerprint density at radius 2 is 2.14 bits per heavy atom. The predicted octanol–water partition coefficient (Wildman–Crippen LogP) is 2.44. The van der Waals surface area contributed by atoms with E-state index in [0.717, 1.165) is 24.5 Å². The Kier molecular flexibility index (Phi) is 6.99. The van der Waals surface area contributed by atoms with E-state index >= 15 is 0 Å². The highest BCUT2D eigenvalue weighted by atomic mass is 32.2. The lowest BCUT2D eigenvalue weighted by Crippen LogP contribution is -2.18. The van der Waals surface area contributed by atoms with Gasteiger partial charge in [0.05, 0.1) is 18.6 Å². The molecule has 5 nitrogen and oxygen atoms in total. The molecule has 22 heavy (non-hydrogen) atoms. The molecule has 0 fully saturated rings. The number of carbonyl (C=O) groups excluding carboxylic acids is 1. The van der Waals surface area contributed by atoms with E-state index in [1.54, 1.807) is 25.1 Å². The minimum Gasteiger partial charge on any atom is -0.384 e. The Labute approximate surface area is 135 Å². The summed E-state index contributed by atoms with van der Waals surface area (Å²) in [5.41, 5.74) is 1.25. The van der Waals surface area contributed by atoms with E-state index in [1.165, 1.54) is 5.56 Å².